The fourth-order valence-corrected chi connectivity index (χ4v) is 7.05. The quantitative estimate of drug-likeness (QED) is 0.397. The molecule has 4 N–H and O–H groups in total. The zero-order valence-electron chi connectivity index (χ0n) is 15.2. The molecule has 25 heavy (non-hydrogen) atoms. The van der Waals surface area contributed by atoms with Crippen LogP contribution in [-0.2, 0) is 0 Å². The van der Waals surface area contributed by atoms with Crippen LogP contribution in [0, 0.1) is 40.9 Å². The van der Waals surface area contributed by atoms with Crippen LogP contribution in [0.15, 0.2) is 11.6 Å². The molecule has 0 aliphatic heterocycles. The summed E-state index contributed by atoms with van der Waals surface area (Å²) in [5.74, 6) is 2.86. The van der Waals surface area contributed by atoms with E-state index in [1.807, 2.05) is 6.92 Å². The Kier molecular flexibility index (Phi) is 3.74. The Hall–Kier alpha value is -0.860. The van der Waals surface area contributed by atoms with Crippen LogP contribution in [0.3, 0.4) is 0 Å². The van der Waals surface area contributed by atoms with Gasteiger partial charge in [0.1, 0.15) is 0 Å². The van der Waals surface area contributed by atoms with E-state index in [4.69, 9.17) is 6.42 Å². The lowest BCUT2D eigenvalue weighted by atomic mass is 9.46. The lowest BCUT2D eigenvalue weighted by Crippen LogP contribution is -2.60. The molecule has 0 saturated heterocycles. The molecule has 4 aliphatic rings. The maximum atomic E-state index is 11.1. The average molecular weight is 346 g/mol. The van der Waals surface area contributed by atoms with E-state index in [-0.39, 0.29) is 29.3 Å². The minimum Gasteiger partial charge on any atom is -0.393 e. The van der Waals surface area contributed by atoms with Crippen LogP contribution in [0.1, 0.15) is 52.4 Å². The molecule has 4 nitrogen and oxygen atoms in total. The molecule has 0 aromatic heterocycles. The molecule has 0 aromatic rings. The van der Waals surface area contributed by atoms with Gasteiger partial charge in [-0.15, -0.1) is 6.42 Å². The van der Waals surface area contributed by atoms with Crippen molar-refractivity contribution in [3.05, 3.63) is 11.6 Å². The highest BCUT2D eigenvalue weighted by molar-refractivity contribution is 5.31. The van der Waals surface area contributed by atoms with Crippen LogP contribution < -0.4 is 0 Å². The van der Waals surface area contributed by atoms with Gasteiger partial charge in [-0.3, -0.25) is 0 Å². The lowest BCUT2D eigenvalue weighted by Gasteiger charge is -2.60. The second-order valence-electron chi connectivity index (χ2n) is 9.43. The molecule has 0 heterocycles. The van der Waals surface area contributed by atoms with Gasteiger partial charge in [0.25, 0.3) is 0 Å². The molecule has 9 atom stereocenters. The Morgan fingerprint density at radius 3 is 2.64 bits per heavy atom. The molecule has 0 amide bonds. The second-order valence-corrected chi connectivity index (χ2v) is 9.43. The van der Waals surface area contributed by atoms with Gasteiger partial charge in [-0.1, -0.05) is 31.4 Å². The molecule has 3 saturated carbocycles. The van der Waals surface area contributed by atoms with E-state index in [9.17, 15) is 20.4 Å². The van der Waals surface area contributed by atoms with E-state index >= 15 is 0 Å². The van der Waals surface area contributed by atoms with E-state index in [0.717, 1.165) is 19.3 Å². The minimum atomic E-state index is -1.57. The number of allylic oxidation sites excluding steroid dienone is 1. The van der Waals surface area contributed by atoms with Crippen molar-refractivity contribution in [1.82, 2.24) is 0 Å². The first-order valence-corrected chi connectivity index (χ1v) is 9.61. The van der Waals surface area contributed by atoms with Crippen LogP contribution in [0.4, 0.5) is 0 Å². The number of rotatable bonds is 0. The van der Waals surface area contributed by atoms with E-state index in [0.29, 0.717) is 19.3 Å². The van der Waals surface area contributed by atoms with Crippen molar-refractivity contribution in [2.75, 3.05) is 0 Å². The summed E-state index contributed by atoms with van der Waals surface area (Å²) in [4.78, 5) is 0. The summed E-state index contributed by atoms with van der Waals surface area (Å²) >= 11 is 0. The standard InChI is InChI=1S/C21H30O4/c1-4-21(25)17(24)10-15-14-6-5-12-9-13(22)7-8-19(12,2)18(14)16(23)11-20(15,21)3/h1,5,13-18,22-25H,6-11H2,2-3H3/t13-,14-,15-,16-,17+,18+,19-,20-,21+/m0/s1. The highest BCUT2D eigenvalue weighted by Gasteiger charge is 2.68. The van der Waals surface area contributed by atoms with Gasteiger partial charge >= 0.3 is 0 Å². The Labute approximate surface area is 150 Å². The van der Waals surface area contributed by atoms with Crippen LogP contribution in [0.2, 0.25) is 0 Å². The predicted molar refractivity (Wildman–Crippen MR) is 94.3 cm³/mol. The maximum absolute atomic E-state index is 11.1. The third kappa shape index (κ3) is 2.04. The molecule has 4 rings (SSSR count). The summed E-state index contributed by atoms with van der Waals surface area (Å²) in [6.07, 6.45) is 10.2. The zero-order valence-corrected chi connectivity index (χ0v) is 15.2. The second kappa shape index (κ2) is 5.33. The van der Waals surface area contributed by atoms with Gasteiger partial charge in [-0.2, -0.15) is 0 Å². The largest absolute Gasteiger partial charge is 0.393 e. The first-order chi connectivity index (χ1) is 11.7. The average Bonchev–Trinajstić information content (AvgIpc) is 2.76. The Balaban J connectivity index is 1.77. The Morgan fingerprint density at radius 1 is 1.24 bits per heavy atom. The highest BCUT2D eigenvalue weighted by atomic mass is 16.3. The Morgan fingerprint density at radius 2 is 1.96 bits per heavy atom. The van der Waals surface area contributed by atoms with Crippen molar-refractivity contribution < 1.29 is 20.4 Å². The number of hydrogen-bond acceptors (Lipinski definition) is 4. The summed E-state index contributed by atoms with van der Waals surface area (Å²) in [5.41, 5.74) is -1.07. The SMILES string of the molecule is C#C[C@@]1(O)[C@H](O)C[C@H]2[C@@H]3CC=C4C[C@@H](O)CC[C@]4(C)[C@H]3[C@@H](O)C[C@@]21C. The number of fused-ring (bicyclic) bond motifs is 5. The summed E-state index contributed by atoms with van der Waals surface area (Å²) in [6, 6.07) is 0. The maximum Gasteiger partial charge on any atom is 0.156 e. The van der Waals surface area contributed by atoms with Gasteiger partial charge in [0.2, 0.25) is 0 Å². The van der Waals surface area contributed by atoms with Crippen LogP contribution in [0.5, 0.6) is 0 Å². The smallest absolute Gasteiger partial charge is 0.156 e. The molecule has 4 aliphatic carbocycles. The molecule has 3 fully saturated rings. The van der Waals surface area contributed by atoms with Gasteiger partial charge in [0.05, 0.1) is 18.3 Å². The summed E-state index contributed by atoms with van der Waals surface area (Å²) < 4.78 is 0. The lowest BCUT2D eigenvalue weighted by molar-refractivity contribution is -0.160. The molecule has 0 radical (unpaired) electrons. The van der Waals surface area contributed by atoms with Crippen LogP contribution >= 0.6 is 0 Å². The van der Waals surface area contributed by atoms with E-state index in [2.05, 4.69) is 18.9 Å². The topological polar surface area (TPSA) is 80.9 Å². The molecule has 0 unspecified atom stereocenters. The summed E-state index contributed by atoms with van der Waals surface area (Å²) in [6.45, 7) is 4.17. The highest BCUT2D eigenvalue weighted by Crippen LogP contribution is 2.66. The van der Waals surface area contributed by atoms with E-state index in [1.54, 1.807) is 0 Å². The third-order valence-corrected chi connectivity index (χ3v) is 8.45. The fourth-order valence-electron chi connectivity index (χ4n) is 7.05. The first-order valence-electron chi connectivity index (χ1n) is 9.61. The molecular formula is C21H30O4. The molecule has 0 spiro atoms. The minimum absolute atomic E-state index is 0.0958. The number of aliphatic hydroxyl groups excluding tert-OH is 3. The van der Waals surface area contributed by atoms with Crippen molar-refractivity contribution >= 4 is 0 Å². The molecule has 0 bridgehead atoms. The molecule has 0 aromatic carbocycles. The molecule has 4 heteroatoms. The molecule has 138 valence electrons. The van der Waals surface area contributed by atoms with Crippen molar-refractivity contribution in [2.24, 2.45) is 28.6 Å². The Bertz CT molecular complexity index is 651. The number of hydrogen-bond donors (Lipinski definition) is 4. The van der Waals surface area contributed by atoms with Gasteiger partial charge in [0.15, 0.2) is 5.60 Å². The molecular weight excluding hydrogens is 316 g/mol. The zero-order chi connectivity index (χ0) is 18.2. The predicted octanol–water partition coefficient (Wildman–Crippen LogP) is 1.62. The van der Waals surface area contributed by atoms with Crippen LogP contribution in [0.25, 0.3) is 0 Å². The normalized spacial score (nSPS) is 57.7. The number of terminal acetylenes is 1. The first kappa shape index (κ1) is 17.5. The van der Waals surface area contributed by atoms with E-state index in [1.165, 1.54) is 5.57 Å². The monoisotopic (exact) mass is 346 g/mol. The summed E-state index contributed by atoms with van der Waals surface area (Å²) in [7, 11) is 0. The van der Waals surface area contributed by atoms with Crippen LogP contribution in [-0.4, -0.2) is 44.3 Å². The van der Waals surface area contributed by atoms with Gasteiger partial charge in [-0.05, 0) is 61.7 Å². The third-order valence-electron chi connectivity index (χ3n) is 8.45. The summed E-state index contributed by atoms with van der Waals surface area (Å²) in [5, 5.41) is 42.8. The van der Waals surface area contributed by atoms with E-state index < -0.39 is 23.2 Å². The van der Waals surface area contributed by atoms with Gasteiger partial charge in [-0.25, -0.2) is 0 Å². The number of aliphatic hydroxyl groups is 4. The van der Waals surface area contributed by atoms with Crippen molar-refractivity contribution in [2.45, 2.75) is 76.3 Å². The van der Waals surface area contributed by atoms with Crippen molar-refractivity contribution in [3.63, 3.8) is 0 Å². The van der Waals surface area contributed by atoms with Gasteiger partial charge in [0, 0.05) is 5.41 Å². The van der Waals surface area contributed by atoms with Gasteiger partial charge < -0.3 is 20.4 Å². The fraction of sp³-hybridized carbons (Fsp3) is 0.810. The van der Waals surface area contributed by atoms with Crippen molar-refractivity contribution in [1.29, 1.82) is 0 Å². The van der Waals surface area contributed by atoms with Crippen molar-refractivity contribution in [3.8, 4) is 12.3 Å².